The molecular weight excluding hydrogens is 186 g/mol. The minimum absolute atomic E-state index is 0.131. The maximum absolute atomic E-state index is 11.3. The zero-order valence-electron chi connectivity index (χ0n) is 8.45. The highest BCUT2D eigenvalue weighted by Crippen LogP contribution is 2.18. The standard InChI is InChI=1S/C9H17NO2S/c1-7(13-3)12-8-4-5-10(2)9(11)6-8/h7-8H,4-6H2,1-3H3. The molecule has 0 saturated carbocycles. The van der Waals surface area contributed by atoms with Crippen molar-refractivity contribution in [3.05, 3.63) is 0 Å². The minimum atomic E-state index is 0.131. The van der Waals surface area contributed by atoms with Crippen LogP contribution in [0.5, 0.6) is 0 Å². The number of carbonyl (C=O) groups excluding carboxylic acids is 1. The molecule has 0 aromatic heterocycles. The predicted octanol–water partition coefficient (Wildman–Crippen LogP) is 1.33. The van der Waals surface area contributed by atoms with E-state index in [4.69, 9.17) is 4.74 Å². The van der Waals surface area contributed by atoms with Gasteiger partial charge in [0.25, 0.3) is 0 Å². The molecule has 1 fully saturated rings. The van der Waals surface area contributed by atoms with Crippen LogP contribution in [0.25, 0.3) is 0 Å². The van der Waals surface area contributed by atoms with Crippen LogP contribution in [0.2, 0.25) is 0 Å². The largest absolute Gasteiger partial charge is 0.364 e. The fourth-order valence-corrected chi connectivity index (χ4v) is 1.63. The van der Waals surface area contributed by atoms with Crippen molar-refractivity contribution in [1.29, 1.82) is 0 Å². The van der Waals surface area contributed by atoms with E-state index in [1.807, 2.05) is 20.2 Å². The van der Waals surface area contributed by atoms with Gasteiger partial charge in [0.15, 0.2) is 0 Å². The first-order valence-corrected chi connectivity index (χ1v) is 5.84. The average Bonchev–Trinajstić information content (AvgIpc) is 2.11. The molecule has 1 heterocycles. The van der Waals surface area contributed by atoms with Crippen LogP contribution in [0.1, 0.15) is 19.8 Å². The summed E-state index contributed by atoms with van der Waals surface area (Å²) in [5, 5.41) is 0. The molecule has 0 N–H and O–H groups in total. The van der Waals surface area contributed by atoms with Crippen LogP contribution < -0.4 is 0 Å². The molecule has 1 saturated heterocycles. The van der Waals surface area contributed by atoms with Crippen LogP contribution in [0, 0.1) is 0 Å². The zero-order valence-corrected chi connectivity index (χ0v) is 9.26. The van der Waals surface area contributed by atoms with Gasteiger partial charge in [0.1, 0.15) is 5.44 Å². The van der Waals surface area contributed by atoms with Gasteiger partial charge in [0.05, 0.1) is 12.5 Å². The van der Waals surface area contributed by atoms with Crippen LogP contribution in [-0.2, 0) is 9.53 Å². The summed E-state index contributed by atoms with van der Waals surface area (Å²) in [7, 11) is 1.84. The van der Waals surface area contributed by atoms with Gasteiger partial charge in [0, 0.05) is 13.6 Å². The summed E-state index contributed by atoms with van der Waals surface area (Å²) in [4.78, 5) is 13.1. The summed E-state index contributed by atoms with van der Waals surface area (Å²) < 4.78 is 5.67. The van der Waals surface area contributed by atoms with Crippen molar-refractivity contribution >= 4 is 17.7 Å². The van der Waals surface area contributed by atoms with Crippen LogP contribution in [-0.4, -0.2) is 42.2 Å². The molecule has 1 rings (SSSR count). The highest BCUT2D eigenvalue weighted by Gasteiger charge is 2.24. The highest BCUT2D eigenvalue weighted by atomic mass is 32.2. The number of ether oxygens (including phenoxy) is 1. The molecular formula is C9H17NO2S. The molecule has 1 amide bonds. The Morgan fingerprint density at radius 2 is 2.38 bits per heavy atom. The molecule has 13 heavy (non-hydrogen) atoms. The fraction of sp³-hybridized carbons (Fsp3) is 0.889. The molecule has 4 heteroatoms. The molecule has 2 unspecified atom stereocenters. The van der Waals surface area contributed by atoms with E-state index in [1.165, 1.54) is 0 Å². The van der Waals surface area contributed by atoms with Gasteiger partial charge in [-0.2, -0.15) is 0 Å². The monoisotopic (exact) mass is 203 g/mol. The number of nitrogens with zero attached hydrogens (tertiary/aromatic N) is 1. The highest BCUT2D eigenvalue weighted by molar-refractivity contribution is 7.99. The summed E-state index contributed by atoms with van der Waals surface area (Å²) in [5.41, 5.74) is 0.196. The fourth-order valence-electron chi connectivity index (χ4n) is 1.36. The lowest BCUT2D eigenvalue weighted by Crippen LogP contribution is -2.39. The quantitative estimate of drug-likeness (QED) is 0.648. The summed E-state index contributed by atoms with van der Waals surface area (Å²) in [6, 6.07) is 0. The third-order valence-corrected chi connectivity index (χ3v) is 3.11. The van der Waals surface area contributed by atoms with E-state index >= 15 is 0 Å². The van der Waals surface area contributed by atoms with Crippen molar-refractivity contribution < 1.29 is 9.53 Å². The maximum atomic E-state index is 11.3. The van der Waals surface area contributed by atoms with Crippen molar-refractivity contribution in [3.8, 4) is 0 Å². The van der Waals surface area contributed by atoms with E-state index in [0.717, 1.165) is 13.0 Å². The molecule has 1 aliphatic rings. The third-order valence-electron chi connectivity index (χ3n) is 2.33. The Hall–Kier alpha value is -0.220. The molecule has 0 bridgehead atoms. The normalized spacial score (nSPS) is 26.2. The predicted molar refractivity (Wildman–Crippen MR) is 54.7 cm³/mol. The minimum Gasteiger partial charge on any atom is -0.364 e. The summed E-state index contributed by atoms with van der Waals surface area (Å²) in [6.07, 6.45) is 3.65. The lowest BCUT2D eigenvalue weighted by Gasteiger charge is -2.30. The molecule has 0 radical (unpaired) electrons. The zero-order chi connectivity index (χ0) is 9.84. The first-order valence-electron chi connectivity index (χ1n) is 4.55. The van der Waals surface area contributed by atoms with Gasteiger partial charge in [0.2, 0.25) is 5.91 Å². The molecule has 0 aromatic rings. The Kier molecular flexibility index (Phi) is 4.06. The van der Waals surface area contributed by atoms with Crippen LogP contribution >= 0.6 is 11.8 Å². The van der Waals surface area contributed by atoms with Crippen molar-refractivity contribution in [3.63, 3.8) is 0 Å². The van der Waals surface area contributed by atoms with Gasteiger partial charge >= 0.3 is 0 Å². The molecule has 3 nitrogen and oxygen atoms in total. The Balaban J connectivity index is 2.33. The first-order chi connectivity index (χ1) is 6.13. The molecule has 0 aliphatic carbocycles. The molecule has 1 aliphatic heterocycles. The van der Waals surface area contributed by atoms with E-state index in [1.54, 1.807) is 16.7 Å². The number of likely N-dealkylation sites (tertiary alicyclic amines) is 1. The number of rotatable bonds is 3. The number of hydrogen-bond donors (Lipinski definition) is 0. The van der Waals surface area contributed by atoms with Gasteiger partial charge < -0.3 is 9.64 Å². The molecule has 76 valence electrons. The number of amides is 1. The van der Waals surface area contributed by atoms with E-state index < -0.39 is 0 Å². The lowest BCUT2D eigenvalue weighted by atomic mass is 10.1. The smallest absolute Gasteiger partial charge is 0.224 e. The lowest BCUT2D eigenvalue weighted by molar-refractivity contribution is -0.137. The topological polar surface area (TPSA) is 29.5 Å². The van der Waals surface area contributed by atoms with Crippen molar-refractivity contribution in [2.24, 2.45) is 0 Å². The molecule has 0 spiro atoms. The molecule has 2 atom stereocenters. The van der Waals surface area contributed by atoms with Crippen LogP contribution in [0.4, 0.5) is 0 Å². The second-order valence-electron chi connectivity index (χ2n) is 3.37. The second kappa shape index (κ2) is 4.86. The van der Waals surface area contributed by atoms with Crippen LogP contribution in [0.3, 0.4) is 0 Å². The van der Waals surface area contributed by atoms with Gasteiger partial charge in [-0.25, -0.2) is 0 Å². The van der Waals surface area contributed by atoms with E-state index in [2.05, 4.69) is 0 Å². The van der Waals surface area contributed by atoms with Gasteiger partial charge in [-0.3, -0.25) is 4.79 Å². The van der Waals surface area contributed by atoms with Crippen molar-refractivity contribution in [2.45, 2.75) is 31.3 Å². The third kappa shape index (κ3) is 3.19. The Morgan fingerprint density at radius 1 is 1.69 bits per heavy atom. The van der Waals surface area contributed by atoms with Crippen molar-refractivity contribution in [2.75, 3.05) is 19.8 Å². The number of thioether (sulfide) groups is 1. The summed E-state index contributed by atoms with van der Waals surface area (Å²) in [6.45, 7) is 2.85. The number of piperidine rings is 1. The first kappa shape index (κ1) is 10.9. The van der Waals surface area contributed by atoms with Crippen LogP contribution in [0.15, 0.2) is 0 Å². The Morgan fingerprint density at radius 3 is 2.92 bits per heavy atom. The Labute approximate surface area is 83.8 Å². The van der Waals surface area contributed by atoms with E-state index in [-0.39, 0.29) is 17.4 Å². The van der Waals surface area contributed by atoms with E-state index in [0.29, 0.717) is 6.42 Å². The Bertz CT molecular complexity index is 186. The van der Waals surface area contributed by atoms with Crippen molar-refractivity contribution in [1.82, 2.24) is 4.90 Å². The number of hydrogen-bond acceptors (Lipinski definition) is 3. The number of carbonyl (C=O) groups is 1. The van der Waals surface area contributed by atoms with E-state index in [9.17, 15) is 4.79 Å². The summed E-state index contributed by atoms with van der Waals surface area (Å²) >= 11 is 1.67. The average molecular weight is 203 g/mol. The molecule has 0 aromatic carbocycles. The SMILES string of the molecule is CSC(C)OC1CCN(C)C(=O)C1. The van der Waals surface area contributed by atoms with Gasteiger partial charge in [-0.05, 0) is 19.6 Å². The van der Waals surface area contributed by atoms with Gasteiger partial charge in [-0.1, -0.05) is 0 Å². The maximum Gasteiger partial charge on any atom is 0.224 e. The van der Waals surface area contributed by atoms with Gasteiger partial charge in [-0.15, -0.1) is 11.8 Å². The summed E-state index contributed by atoms with van der Waals surface area (Å²) in [5.74, 6) is 0.199. The second-order valence-corrected chi connectivity index (χ2v) is 4.50.